The fourth-order valence-corrected chi connectivity index (χ4v) is 1.80. The number of hydrogen-bond donors (Lipinski definition) is 2. The second kappa shape index (κ2) is 3.12. The van der Waals surface area contributed by atoms with Crippen molar-refractivity contribution in [1.82, 2.24) is 10.2 Å². The van der Waals surface area contributed by atoms with Gasteiger partial charge in [-0.2, -0.15) is 5.10 Å². The first-order valence-electron chi connectivity index (χ1n) is 4.82. The van der Waals surface area contributed by atoms with Gasteiger partial charge in [0.15, 0.2) is 0 Å². The predicted molar refractivity (Wildman–Crippen MR) is 50.8 cm³/mol. The molecule has 0 amide bonds. The average molecular weight is 194 g/mol. The van der Waals surface area contributed by atoms with Crippen LogP contribution < -0.4 is 0 Å². The second-order valence-electron chi connectivity index (χ2n) is 4.36. The van der Waals surface area contributed by atoms with E-state index in [0.29, 0.717) is 6.42 Å². The summed E-state index contributed by atoms with van der Waals surface area (Å²) in [7, 11) is 0. The van der Waals surface area contributed by atoms with Gasteiger partial charge in [0.25, 0.3) is 0 Å². The van der Waals surface area contributed by atoms with E-state index < -0.39 is 5.97 Å². The standard InChI is InChI=1S/C10H14N2O2/c1-10(2-3-10)8(9(13)14)4-7-5-11-12-6-7/h5-6,8H,2-4H2,1H3,(H,11,12)(H,13,14). The molecule has 0 aliphatic heterocycles. The van der Waals surface area contributed by atoms with Crippen molar-refractivity contribution in [2.75, 3.05) is 0 Å². The van der Waals surface area contributed by atoms with Crippen molar-refractivity contribution in [2.45, 2.75) is 26.2 Å². The third-order valence-electron chi connectivity index (χ3n) is 3.17. The monoisotopic (exact) mass is 194 g/mol. The summed E-state index contributed by atoms with van der Waals surface area (Å²) in [6.45, 7) is 2.05. The maximum absolute atomic E-state index is 11.1. The van der Waals surface area contributed by atoms with Crippen molar-refractivity contribution in [1.29, 1.82) is 0 Å². The molecule has 1 saturated carbocycles. The molecular weight excluding hydrogens is 180 g/mol. The Labute approximate surface area is 82.3 Å². The zero-order valence-corrected chi connectivity index (χ0v) is 8.16. The summed E-state index contributed by atoms with van der Waals surface area (Å²) in [6, 6.07) is 0. The molecule has 0 radical (unpaired) electrons. The lowest BCUT2D eigenvalue weighted by Gasteiger charge is -2.17. The Morgan fingerprint density at radius 1 is 1.79 bits per heavy atom. The summed E-state index contributed by atoms with van der Waals surface area (Å²) in [5.41, 5.74) is 0.994. The number of carboxylic acid groups (broad SMARTS) is 1. The maximum atomic E-state index is 11.1. The average Bonchev–Trinajstić information content (AvgIpc) is 2.68. The molecule has 1 aromatic heterocycles. The van der Waals surface area contributed by atoms with Crippen molar-refractivity contribution in [3.63, 3.8) is 0 Å². The number of aromatic nitrogens is 2. The molecule has 1 aliphatic rings. The molecule has 4 nitrogen and oxygen atoms in total. The Morgan fingerprint density at radius 2 is 2.50 bits per heavy atom. The molecule has 2 N–H and O–H groups in total. The number of hydrogen-bond acceptors (Lipinski definition) is 2. The highest BCUT2D eigenvalue weighted by atomic mass is 16.4. The van der Waals surface area contributed by atoms with E-state index in [-0.39, 0.29) is 11.3 Å². The molecule has 1 heterocycles. The number of aromatic amines is 1. The van der Waals surface area contributed by atoms with E-state index in [0.717, 1.165) is 18.4 Å². The van der Waals surface area contributed by atoms with Crippen molar-refractivity contribution >= 4 is 5.97 Å². The van der Waals surface area contributed by atoms with Crippen molar-refractivity contribution in [3.05, 3.63) is 18.0 Å². The van der Waals surface area contributed by atoms with Gasteiger partial charge in [-0.3, -0.25) is 9.89 Å². The van der Waals surface area contributed by atoms with Gasteiger partial charge >= 0.3 is 5.97 Å². The van der Waals surface area contributed by atoms with E-state index >= 15 is 0 Å². The zero-order chi connectivity index (χ0) is 10.2. The molecule has 2 rings (SSSR count). The van der Waals surface area contributed by atoms with Crippen LogP contribution in [0.3, 0.4) is 0 Å². The zero-order valence-electron chi connectivity index (χ0n) is 8.16. The number of rotatable bonds is 4. The van der Waals surface area contributed by atoms with Crippen molar-refractivity contribution in [3.8, 4) is 0 Å². The normalized spacial score (nSPS) is 20.4. The van der Waals surface area contributed by atoms with E-state index in [1.807, 2.05) is 6.92 Å². The molecule has 0 aromatic carbocycles. The third kappa shape index (κ3) is 1.64. The number of nitrogens with zero attached hydrogens (tertiary/aromatic N) is 1. The summed E-state index contributed by atoms with van der Waals surface area (Å²) < 4.78 is 0. The van der Waals surface area contributed by atoms with Crippen molar-refractivity contribution in [2.24, 2.45) is 11.3 Å². The molecule has 76 valence electrons. The van der Waals surface area contributed by atoms with Crippen LogP contribution in [0.2, 0.25) is 0 Å². The molecule has 1 aliphatic carbocycles. The predicted octanol–water partition coefficient (Wildman–Crippen LogP) is 1.45. The molecule has 14 heavy (non-hydrogen) atoms. The van der Waals surface area contributed by atoms with Gasteiger partial charge in [0.1, 0.15) is 0 Å². The Morgan fingerprint density at radius 3 is 2.93 bits per heavy atom. The quantitative estimate of drug-likeness (QED) is 0.762. The second-order valence-corrected chi connectivity index (χ2v) is 4.36. The smallest absolute Gasteiger partial charge is 0.307 e. The first-order valence-corrected chi connectivity index (χ1v) is 4.82. The number of aliphatic carboxylic acids is 1. The maximum Gasteiger partial charge on any atom is 0.307 e. The van der Waals surface area contributed by atoms with Gasteiger partial charge in [-0.15, -0.1) is 0 Å². The summed E-state index contributed by atoms with van der Waals surface area (Å²) in [4.78, 5) is 11.1. The Hall–Kier alpha value is -1.32. The van der Waals surface area contributed by atoms with E-state index in [1.165, 1.54) is 0 Å². The van der Waals surface area contributed by atoms with Crippen LogP contribution >= 0.6 is 0 Å². The van der Waals surface area contributed by atoms with Crippen molar-refractivity contribution < 1.29 is 9.90 Å². The fraction of sp³-hybridized carbons (Fsp3) is 0.600. The fourth-order valence-electron chi connectivity index (χ4n) is 1.80. The number of carboxylic acids is 1. The minimum absolute atomic E-state index is 0.0170. The molecular formula is C10H14N2O2. The highest BCUT2D eigenvalue weighted by molar-refractivity contribution is 5.72. The van der Waals surface area contributed by atoms with Crippen LogP contribution in [-0.4, -0.2) is 21.3 Å². The highest BCUT2D eigenvalue weighted by Crippen LogP contribution is 2.52. The molecule has 4 heteroatoms. The first kappa shape index (κ1) is 9.24. The molecule has 1 aromatic rings. The number of carbonyl (C=O) groups is 1. The summed E-state index contributed by atoms with van der Waals surface area (Å²) in [6.07, 6.45) is 6.11. The van der Waals surface area contributed by atoms with Crippen LogP contribution in [0.15, 0.2) is 12.4 Å². The van der Waals surface area contributed by atoms with Crippen LogP contribution in [0.5, 0.6) is 0 Å². The molecule has 1 atom stereocenters. The van der Waals surface area contributed by atoms with Gasteiger partial charge in [-0.1, -0.05) is 6.92 Å². The minimum atomic E-state index is -0.689. The lowest BCUT2D eigenvalue weighted by molar-refractivity contribution is -0.144. The molecule has 0 bridgehead atoms. The largest absolute Gasteiger partial charge is 0.481 e. The van der Waals surface area contributed by atoms with Gasteiger partial charge in [0.05, 0.1) is 12.1 Å². The van der Waals surface area contributed by atoms with Gasteiger partial charge in [0, 0.05) is 6.20 Å². The van der Waals surface area contributed by atoms with Crippen LogP contribution in [0.4, 0.5) is 0 Å². The van der Waals surface area contributed by atoms with Gasteiger partial charge in [-0.25, -0.2) is 0 Å². The summed E-state index contributed by atoms with van der Waals surface area (Å²) in [5.74, 6) is -0.953. The highest BCUT2D eigenvalue weighted by Gasteiger charge is 2.48. The van der Waals surface area contributed by atoms with E-state index in [1.54, 1.807) is 12.4 Å². The van der Waals surface area contributed by atoms with Gasteiger partial charge < -0.3 is 5.11 Å². The lowest BCUT2D eigenvalue weighted by Crippen LogP contribution is -2.24. The van der Waals surface area contributed by atoms with Crippen LogP contribution in [0.1, 0.15) is 25.3 Å². The Balaban J connectivity index is 2.09. The van der Waals surface area contributed by atoms with Gasteiger partial charge in [0.2, 0.25) is 0 Å². The molecule has 0 spiro atoms. The first-order chi connectivity index (χ1) is 6.62. The van der Waals surface area contributed by atoms with Crippen LogP contribution in [0, 0.1) is 11.3 Å². The Kier molecular flexibility index (Phi) is 2.06. The molecule has 1 fully saturated rings. The van der Waals surface area contributed by atoms with E-state index in [2.05, 4.69) is 10.2 Å². The van der Waals surface area contributed by atoms with Crippen LogP contribution in [0.25, 0.3) is 0 Å². The minimum Gasteiger partial charge on any atom is -0.481 e. The Bertz CT molecular complexity index is 328. The molecule has 0 saturated heterocycles. The van der Waals surface area contributed by atoms with Gasteiger partial charge in [-0.05, 0) is 30.2 Å². The lowest BCUT2D eigenvalue weighted by atomic mass is 9.86. The molecule has 1 unspecified atom stereocenters. The topological polar surface area (TPSA) is 66.0 Å². The van der Waals surface area contributed by atoms with Crippen LogP contribution in [-0.2, 0) is 11.2 Å². The summed E-state index contributed by atoms with van der Waals surface area (Å²) >= 11 is 0. The van der Waals surface area contributed by atoms with E-state index in [4.69, 9.17) is 5.11 Å². The third-order valence-corrected chi connectivity index (χ3v) is 3.17. The summed E-state index contributed by atoms with van der Waals surface area (Å²) in [5, 5.41) is 15.6. The SMILES string of the molecule is CC1(C(Cc2cn[nH]c2)C(=O)O)CC1. The number of H-pyrrole nitrogens is 1. The van der Waals surface area contributed by atoms with E-state index in [9.17, 15) is 4.79 Å². The number of nitrogens with one attached hydrogen (secondary N) is 1.